The number of ether oxygens (including phenoxy) is 1. The molecule has 1 spiro atoms. The van der Waals surface area contributed by atoms with E-state index in [1.807, 2.05) is 0 Å². The average molecular weight is 239 g/mol. The van der Waals surface area contributed by atoms with Crippen LogP contribution in [0.25, 0.3) is 0 Å². The van der Waals surface area contributed by atoms with Gasteiger partial charge in [0.25, 0.3) is 0 Å². The number of nitrogens with one attached hydrogen (secondary N) is 1. The molecule has 0 radical (unpaired) electrons. The lowest BCUT2D eigenvalue weighted by Crippen LogP contribution is -2.53. The molecule has 1 heterocycles. The van der Waals surface area contributed by atoms with Gasteiger partial charge in [0, 0.05) is 25.3 Å². The van der Waals surface area contributed by atoms with Crippen LogP contribution in [0.3, 0.4) is 0 Å². The minimum absolute atomic E-state index is 0.239. The molecule has 0 bridgehead atoms. The van der Waals surface area contributed by atoms with Gasteiger partial charge in [-0.1, -0.05) is 6.42 Å². The van der Waals surface area contributed by atoms with Crippen LogP contribution < -0.4 is 5.32 Å². The van der Waals surface area contributed by atoms with Crippen molar-refractivity contribution < 1.29 is 9.84 Å². The second kappa shape index (κ2) is 4.87. The molecule has 0 amide bonds. The zero-order valence-electron chi connectivity index (χ0n) is 10.7. The number of aliphatic hydroxyl groups excluding tert-OH is 1. The van der Waals surface area contributed by atoms with Gasteiger partial charge in [-0.05, 0) is 50.9 Å². The van der Waals surface area contributed by atoms with Crippen LogP contribution >= 0.6 is 0 Å². The highest BCUT2D eigenvalue weighted by atomic mass is 16.5. The highest BCUT2D eigenvalue weighted by Crippen LogP contribution is 2.42. The highest BCUT2D eigenvalue weighted by Gasteiger charge is 2.43. The van der Waals surface area contributed by atoms with Crippen LogP contribution in [0.2, 0.25) is 0 Å². The van der Waals surface area contributed by atoms with Crippen LogP contribution in [0.1, 0.15) is 51.4 Å². The summed E-state index contributed by atoms with van der Waals surface area (Å²) < 4.78 is 5.96. The summed E-state index contributed by atoms with van der Waals surface area (Å²) in [6, 6.07) is 1.18. The lowest BCUT2D eigenvalue weighted by Gasteiger charge is -2.48. The quantitative estimate of drug-likeness (QED) is 0.789. The van der Waals surface area contributed by atoms with Gasteiger partial charge in [-0.3, -0.25) is 0 Å². The minimum Gasteiger partial charge on any atom is -0.396 e. The first-order valence-corrected chi connectivity index (χ1v) is 7.32. The smallest absolute Gasteiger partial charge is 0.0697 e. The first-order chi connectivity index (χ1) is 8.31. The van der Waals surface area contributed by atoms with Gasteiger partial charge in [0.2, 0.25) is 0 Å². The predicted molar refractivity (Wildman–Crippen MR) is 66.9 cm³/mol. The molecule has 0 aromatic heterocycles. The number of rotatable bonds is 3. The fourth-order valence-electron chi connectivity index (χ4n) is 3.87. The molecule has 3 atom stereocenters. The van der Waals surface area contributed by atoms with Gasteiger partial charge < -0.3 is 15.2 Å². The maximum Gasteiger partial charge on any atom is 0.0697 e. The van der Waals surface area contributed by atoms with Gasteiger partial charge in [0.1, 0.15) is 0 Å². The Labute approximate surface area is 104 Å². The van der Waals surface area contributed by atoms with E-state index < -0.39 is 0 Å². The van der Waals surface area contributed by atoms with Crippen molar-refractivity contribution in [3.63, 3.8) is 0 Å². The Morgan fingerprint density at radius 1 is 1.18 bits per heavy atom. The highest BCUT2D eigenvalue weighted by molar-refractivity contribution is 4.97. The first kappa shape index (κ1) is 11.9. The molecule has 1 aliphatic heterocycles. The van der Waals surface area contributed by atoms with Gasteiger partial charge in [-0.15, -0.1) is 0 Å². The third-order valence-electron chi connectivity index (χ3n) is 5.10. The molecule has 3 nitrogen and oxygen atoms in total. The van der Waals surface area contributed by atoms with Crippen molar-refractivity contribution in [2.75, 3.05) is 13.2 Å². The molecule has 17 heavy (non-hydrogen) atoms. The lowest BCUT2D eigenvalue weighted by atomic mass is 9.73. The second-order valence-corrected chi connectivity index (χ2v) is 6.22. The van der Waals surface area contributed by atoms with E-state index in [1.54, 1.807) is 0 Å². The van der Waals surface area contributed by atoms with Gasteiger partial charge in [-0.2, -0.15) is 0 Å². The number of aliphatic hydroxyl groups is 1. The molecule has 2 aliphatic carbocycles. The molecule has 2 saturated carbocycles. The molecule has 3 heteroatoms. The van der Waals surface area contributed by atoms with E-state index >= 15 is 0 Å². The predicted octanol–water partition coefficient (Wildman–Crippen LogP) is 1.84. The van der Waals surface area contributed by atoms with E-state index in [1.165, 1.54) is 44.9 Å². The van der Waals surface area contributed by atoms with E-state index in [4.69, 9.17) is 4.74 Å². The van der Waals surface area contributed by atoms with Crippen molar-refractivity contribution in [1.82, 2.24) is 5.32 Å². The standard InChI is InChI=1S/C14H25NO2/c16-10-11-3-1-4-13(11)15-12-5-8-17-14(9-12)6-2-7-14/h11-13,15-16H,1-10H2. The summed E-state index contributed by atoms with van der Waals surface area (Å²) in [5.74, 6) is 0.496. The van der Waals surface area contributed by atoms with E-state index in [0.29, 0.717) is 24.6 Å². The minimum atomic E-state index is 0.239. The lowest BCUT2D eigenvalue weighted by molar-refractivity contribution is -0.136. The molecule has 0 aromatic rings. The average Bonchev–Trinajstić information content (AvgIpc) is 2.75. The third-order valence-corrected chi connectivity index (χ3v) is 5.10. The summed E-state index contributed by atoms with van der Waals surface area (Å²) in [6.45, 7) is 1.28. The topological polar surface area (TPSA) is 41.5 Å². The largest absolute Gasteiger partial charge is 0.396 e. The molecule has 3 unspecified atom stereocenters. The molecular weight excluding hydrogens is 214 g/mol. The summed E-state index contributed by atoms with van der Waals surface area (Å²) in [5.41, 5.74) is 0.239. The number of hydrogen-bond donors (Lipinski definition) is 2. The van der Waals surface area contributed by atoms with Crippen LogP contribution in [0.4, 0.5) is 0 Å². The van der Waals surface area contributed by atoms with Gasteiger partial charge in [0.05, 0.1) is 5.60 Å². The zero-order chi connectivity index (χ0) is 11.7. The van der Waals surface area contributed by atoms with E-state index in [0.717, 1.165) is 13.0 Å². The Kier molecular flexibility index (Phi) is 3.42. The van der Waals surface area contributed by atoms with Gasteiger partial charge in [0.15, 0.2) is 0 Å². The Bertz CT molecular complexity index is 265. The normalized spacial score (nSPS) is 40.4. The van der Waals surface area contributed by atoms with Crippen LogP contribution in [0.5, 0.6) is 0 Å². The third kappa shape index (κ3) is 2.38. The monoisotopic (exact) mass is 239 g/mol. The van der Waals surface area contributed by atoms with Crippen molar-refractivity contribution in [2.24, 2.45) is 5.92 Å². The van der Waals surface area contributed by atoms with Crippen LogP contribution in [0, 0.1) is 5.92 Å². The Morgan fingerprint density at radius 2 is 2.06 bits per heavy atom. The summed E-state index contributed by atoms with van der Waals surface area (Å²) in [4.78, 5) is 0. The molecule has 3 aliphatic rings. The second-order valence-electron chi connectivity index (χ2n) is 6.22. The molecule has 3 rings (SSSR count). The summed E-state index contributed by atoms with van der Waals surface area (Å²) in [6.07, 6.45) is 9.93. The molecular formula is C14H25NO2. The van der Waals surface area contributed by atoms with E-state index in [2.05, 4.69) is 5.32 Å². The molecule has 98 valence electrons. The maximum atomic E-state index is 9.36. The molecule has 1 saturated heterocycles. The summed E-state index contributed by atoms with van der Waals surface area (Å²) in [5, 5.41) is 13.2. The van der Waals surface area contributed by atoms with Crippen molar-refractivity contribution in [3.8, 4) is 0 Å². The fraction of sp³-hybridized carbons (Fsp3) is 1.00. The van der Waals surface area contributed by atoms with Crippen LogP contribution in [-0.4, -0.2) is 36.0 Å². The van der Waals surface area contributed by atoms with Crippen molar-refractivity contribution in [1.29, 1.82) is 0 Å². The van der Waals surface area contributed by atoms with Gasteiger partial charge in [-0.25, -0.2) is 0 Å². The summed E-state index contributed by atoms with van der Waals surface area (Å²) in [7, 11) is 0. The molecule has 0 aromatic carbocycles. The van der Waals surface area contributed by atoms with Crippen molar-refractivity contribution in [3.05, 3.63) is 0 Å². The Morgan fingerprint density at radius 3 is 2.76 bits per heavy atom. The number of hydrogen-bond acceptors (Lipinski definition) is 3. The van der Waals surface area contributed by atoms with Crippen LogP contribution in [0.15, 0.2) is 0 Å². The summed E-state index contributed by atoms with van der Waals surface area (Å²) >= 11 is 0. The SMILES string of the molecule is OCC1CCCC1NC1CCOC2(CCC2)C1. The first-order valence-electron chi connectivity index (χ1n) is 7.32. The Balaban J connectivity index is 1.54. The maximum absolute atomic E-state index is 9.36. The van der Waals surface area contributed by atoms with Gasteiger partial charge >= 0.3 is 0 Å². The fourth-order valence-corrected chi connectivity index (χ4v) is 3.87. The Hall–Kier alpha value is -0.120. The van der Waals surface area contributed by atoms with Crippen LogP contribution in [-0.2, 0) is 4.74 Å². The van der Waals surface area contributed by atoms with E-state index in [-0.39, 0.29) is 5.60 Å². The van der Waals surface area contributed by atoms with Crippen molar-refractivity contribution in [2.45, 2.75) is 69.1 Å². The molecule has 2 N–H and O–H groups in total. The molecule has 3 fully saturated rings. The van der Waals surface area contributed by atoms with Crippen molar-refractivity contribution >= 4 is 0 Å². The zero-order valence-corrected chi connectivity index (χ0v) is 10.7. The van der Waals surface area contributed by atoms with E-state index in [9.17, 15) is 5.11 Å².